The second-order valence-electron chi connectivity index (χ2n) is 4.80. The first-order valence-electron chi connectivity index (χ1n) is 7.01. The van der Waals surface area contributed by atoms with Crippen LogP contribution in [0.5, 0.6) is 17.2 Å². The molecule has 0 bridgehead atoms. The third-order valence-electron chi connectivity index (χ3n) is 3.56. The average molecular weight is 331 g/mol. The van der Waals surface area contributed by atoms with Crippen LogP contribution in [0.4, 0.5) is 0 Å². The van der Waals surface area contributed by atoms with Gasteiger partial charge in [-0.15, -0.1) is 12.4 Å². The SMILES string of the molecule is COc1cc(OC)c(C(=O)N2CCCNCC2)cc1OC.Cl. The van der Waals surface area contributed by atoms with Crippen LogP contribution in [0.2, 0.25) is 0 Å². The molecule has 0 atom stereocenters. The summed E-state index contributed by atoms with van der Waals surface area (Å²) in [5.74, 6) is 1.52. The predicted molar refractivity (Wildman–Crippen MR) is 86.7 cm³/mol. The Kier molecular flexibility index (Phi) is 7.27. The minimum Gasteiger partial charge on any atom is -0.496 e. The Bertz CT molecular complexity index is 503. The van der Waals surface area contributed by atoms with E-state index in [1.54, 1.807) is 33.5 Å². The Morgan fingerprint density at radius 3 is 2.27 bits per heavy atom. The Labute approximate surface area is 137 Å². The van der Waals surface area contributed by atoms with Gasteiger partial charge in [0.05, 0.1) is 26.9 Å². The van der Waals surface area contributed by atoms with Crippen LogP contribution in [0.3, 0.4) is 0 Å². The molecule has 22 heavy (non-hydrogen) atoms. The van der Waals surface area contributed by atoms with Gasteiger partial charge in [-0.1, -0.05) is 0 Å². The van der Waals surface area contributed by atoms with Gasteiger partial charge in [0.25, 0.3) is 5.91 Å². The number of nitrogens with zero attached hydrogens (tertiary/aromatic N) is 1. The number of carbonyl (C=O) groups is 1. The molecule has 1 saturated heterocycles. The second-order valence-corrected chi connectivity index (χ2v) is 4.80. The molecule has 0 saturated carbocycles. The molecule has 6 nitrogen and oxygen atoms in total. The van der Waals surface area contributed by atoms with Gasteiger partial charge in [0.15, 0.2) is 11.5 Å². The quantitative estimate of drug-likeness (QED) is 0.908. The van der Waals surface area contributed by atoms with Crippen LogP contribution in [0.1, 0.15) is 16.8 Å². The van der Waals surface area contributed by atoms with Crippen LogP contribution >= 0.6 is 12.4 Å². The lowest BCUT2D eigenvalue weighted by Crippen LogP contribution is -2.34. The van der Waals surface area contributed by atoms with E-state index in [2.05, 4.69) is 5.32 Å². The number of amides is 1. The number of hydrogen-bond acceptors (Lipinski definition) is 5. The number of nitrogens with one attached hydrogen (secondary N) is 1. The Morgan fingerprint density at radius 2 is 1.64 bits per heavy atom. The Balaban J connectivity index is 0.00000242. The fourth-order valence-electron chi connectivity index (χ4n) is 2.42. The van der Waals surface area contributed by atoms with Gasteiger partial charge in [0, 0.05) is 31.8 Å². The van der Waals surface area contributed by atoms with Crippen molar-refractivity contribution in [1.29, 1.82) is 0 Å². The molecule has 1 N–H and O–H groups in total. The number of carbonyl (C=O) groups excluding carboxylic acids is 1. The second kappa shape index (κ2) is 8.70. The lowest BCUT2D eigenvalue weighted by Gasteiger charge is -2.22. The summed E-state index contributed by atoms with van der Waals surface area (Å²) < 4.78 is 15.8. The van der Waals surface area contributed by atoms with E-state index in [0.29, 0.717) is 29.4 Å². The zero-order valence-electron chi connectivity index (χ0n) is 13.2. The van der Waals surface area contributed by atoms with E-state index in [1.807, 2.05) is 4.90 Å². The van der Waals surface area contributed by atoms with Crippen molar-refractivity contribution in [3.05, 3.63) is 17.7 Å². The third kappa shape index (κ3) is 3.96. The van der Waals surface area contributed by atoms with Gasteiger partial charge in [0.2, 0.25) is 0 Å². The summed E-state index contributed by atoms with van der Waals surface area (Å²) in [7, 11) is 4.65. The highest BCUT2D eigenvalue weighted by molar-refractivity contribution is 5.97. The molecular weight excluding hydrogens is 308 g/mol. The topological polar surface area (TPSA) is 60.0 Å². The molecule has 7 heteroatoms. The van der Waals surface area contributed by atoms with Crippen molar-refractivity contribution in [3.63, 3.8) is 0 Å². The van der Waals surface area contributed by atoms with Gasteiger partial charge in [-0.3, -0.25) is 4.79 Å². The number of hydrogen-bond donors (Lipinski definition) is 1. The van der Waals surface area contributed by atoms with Crippen molar-refractivity contribution < 1.29 is 19.0 Å². The summed E-state index contributed by atoms with van der Waals surface area (Å²) in [6.07, 6.45) is 0.946. The Morgan fingerprint density at radius 1 is 1.00 bits per heavy atom. The highest BCUT2D eigenvalue weighted by Crippen LogP contribution is 2.35. The summed E-state index contributed by atoms with van der Waals surface area (Å²) >= 11 is 0. The molecule has 1 amide bonds. The molecule has 0 unspecified atom stereocenters. The molecular formula is C15H23ClN2O4. The van der Waals surface area contributed by atoms with Crippen molar-refractivity contribution in [2.75, 3.05) is 47.5 Å². The van der Waals surface area contributed by atoms with E-state index in [0.717, 1.165) is 26.1 Å². The monoisotopic (exact) mass is 330 g/mol. The first-order chi connectivity index (χ1) is 10.2. The van der Waals surface area contributed by atoms with E-state index in [-0.39, 0.29) is 18.3 Å². The fourth-order valence-corrected chi connectivity index (χ4v) is 2.42. The van der Waals surface area contributed by atoms with Gasteiger partial charge < -0.3 is 24.4 Å². The molecule has 124 valence electrons. The van der Waals surface area contributed by atoms with E-state index < -0.39 is 0 Å². The van der Waals surface area contributed by atoms with Crippen molar-refractivity contribution in [1.82, 2.24) is 10.2 Å². The molecule has 1 aromatic carbocycles. The molecule has 1 aliphatic rings. The minimum atomic E-state index is -0.0449. The number of rotatable bonds is 4. The van der Waals surface area contributed by atoms with Crippen LogP contribution in [0, 0.1) is 0 Å². The van der Waals surface area contributed by atoms with Crippen molar-refractivity contribution in [2.24, 2.45) is 0 Å². The number of ether oxygens (including phenoxy) is 3. The maximum atomic E-state index is 12.7. The summed E-state index contributed by atoms with van der Waals surface area (Å²) in [4.78, 5) is 14.6. The van der Waals surface area contributed by atoms with Crippen LogP contribution in [-0.2, 0) is 0 Å². The molecule has 0 aromatic heterocycles. The summed E-state index contributed by atoms with van der Waals surface area (Å²) in [5.41, 5.74) is 0.497. The molecule has 1 aromatic rings. The number of methoxy groups -OCH3 is 3. The van der Waals surface area contributed by atoms with E-state index in [4.69, 9.17) is 14.2 Å². The normalized spacial score (nSPS) is 14.6. The van der Waals surface area contributed by atoms with Gasteiger partial charge in [-0.05, 0) is 13.0 Å². The van der Waals surface area contributed by atoms with Crippen molar-refractivity contribution in [2.45, 2.75) is 6.42 Å². The molecule has 2 rings (SSSR count). The van der Waals surface area contributed by atoms with Crippen LogP contribution in [0.25, 0.3) is 0 Å². The lowest BCUT2D eigenvalue weighted by molar-refractivity contribution is 0.0762. The molecule has 1 heterocycles. The smallest absolute Gasteiger partial charge is 0.257 e. The standard InChI is InChI=1S/C15H22N2O4.ClH/c1-19-12-10-14(21-3)13(20-2)9-11(12)15(18)17-7-4-5-16-6-8-17;/h9-10,16H,4-8H2,1-3H3;1H. The highest BCUT2D eigenvalue weighted by atomic mass is 35.5. The van der Waals surface area contributed by atoms with Gasteiger partial charge in [-0.25, -0.2) is 0 Å². The van der Waals surface area contributed by atoms with Crippen molar-refractivity contribution >= 4 is 18.3 Å². The van der Waals surface area contributed by atoms with Crippen molar-refractivity contribution in [3.8, 4) is 17.2 Å². The number of benzene rings is 1. The third-order valence-corrected chi connectivity index (χ3v) is 3.56. The first-order valence-corrected chi connectivity index (χ1v) is 7.01. The lowest BCUT2D eigenvalue weighted by atomic mass is 10.1. The molecule has 0 radical (unpaired) electrons. The van der Waals surface area contributed by atoms with Gasteiger partial charge >= 0.3 is 0 Å². The van der Waals surface area contributed by atoms with Crippen LogP contribution < -0.4 is 19.5 Å². The predicted octanol–water partition coefficient (Wildman–Crippen LogP) is 1.57. The molecule has 1 aliphatic heterocycles. The van der Waals surface area contributed by atoms with E-state index in [1.165, 1.54) is 0 Å². The van der Waals surface area contributed by atoms with Crippen LogP contribution in [0.15, 0.2) is 12.1 Å². The van der Waals surface area contributed by atoms with E-state index >= 15 is 0 Å². The fraction of sp³-hybridized carbons (Fsp3) is 0.533. The largest absolute Gasteiger partial charge is 0.496 e. The summed E-state index contributed by atoms with van der Waals surface area (Å²) in [5, 5.41) is 3.28. The zero-order valence-corrected chi connectivity index (χ0v) is 14.0. The highest BCUT2D eigenvalue weighted by Gasteiger charge is 2.23. The van der Waals surface area contributed by atoms with Gasteiger partial charge in [0.1, 0.15) is 5.75 Å². The molecule has 1 fully saturated rings. The molecule has 0 spiro atoms. The average Bonchev–Trinajstić information content (AvgIpc) is 2.82. The summed E-state index contributed by atoms with van der Waals surface area (Å²) in [6, 6.07) is 3.36. The maximum Gasteiger partial charge on any atom is 0.257 e. The Hall–Kier alpha value is -1.66. The van der Waals surface area contributed by atoms with Crippen LogP contribution in [-0.4, -0.2) is 58.3 Å². The van der Waals surface area contributed by atoms with Gasteiger partial charge in [-0.2, -0.15) is 0 Å². The first kappa shape index (κ1) is 18.4. The van der Waals surface area contributed by atoms with E-state index in [9.17, 15) is 4.79 Å². The maximum absolute atomic E-state index is 12.7. The zero-order chi connectivity index (χ0) is 15.2. The number of halogens is 1. The molecule has 0 aliphatic carbocycles. The minimum absolute atomic E-state index is 0. The summed E-state index contributed by atoms with van der Waals surface area (Å²) in [6.45, 7) is 3.17.